The molecule has 4 heteroatoms. The van der Waals surface area contributed by atoms with Crippen molar-refractivity contribution in [3.05, 3.63) is 28.8 Å². The Labute approximate surface area is 125 Å². The highest BCUT2D eigenvalue weighted by atomic mass is 35.5. The quantitative estimate of drug-likeness (QED) is 0.645. The summed E-state index contributed by atoms with van der Waals surface area (Å²) in [6.45, 7) is 2.18. The van der Waals surface area contributed by atoms with Gasteiger partial charge in [-0.3, -0.25) is 5.41 Å². The van der Waals surface area contributed by atoms with E-state index in [1.54, 1.807) is 0 Å². The molecule has 3 nitrogen and oxygen atoms in total. The van der Waals surface area contributed by atoms with Gasteiger partial charge in [-0.15, -0.1) is 0 Å². The van der Waals surface area contributed by atoms with Gasteiger partial charge in [-0.1, -0.05) is 30.9 Å². The van der Waals surface area contributed by atoms with Crippen molar-refractivity contribution in [1.29, 1.82) is 5.41 Å². The molecule has 2 unspecified atom stereocenters. The normalized spacial score (nSPS) is 26.1. The molecule has 3 rings (SSSR count). The van der Waals surface area contributed by atoms with Gasteiger partial charge in [0.15, 0.2) is 0 Å². The van der Waals surface area contributed by atoms with Crippen LogP contribution in [-0.2, 0) is 0 Å². The molecule has 1 aliphatic heterocycles. The van der Waals surface area contributed by atoms with E-state index in [4.69, 9.17) is 22.7 Å². The highest BCUT2D eigenvalue weighted by Gasteiger charge is 2.31. The molecule has 0 amide bonds. The number of anilines is 1. The third kappa shape index (κ3) is 2.64. The van der Waals surface area contributed by atoms with E-state index >= 15 is 0 Å². The first-order valence-corrected chi connectivity index (χ1v) is 7.92. The third-order valence-corrected chi connectivity index (χ3v) is 5.12. The molecule has 2 fully saturated rings. The Morgan fingerprint density at radius 2 is 1.95 bits per heavy atom. The van der Waals surface area contributed by atoms with Gasteiger partial charge in [0.2, 0.25) is 0 Å². The molecule has 2 atom stereocenters. The molecule has 0 radical (unpaired) electrons. The van der Waals surface area contributed by atoms with Crippen LogP contribution in [-0.4, -0.2) is 18.9 Å². The minimum absolute atomic E-state index is 0.105. The van der Waals surface area contributed by atoms with Crippen LogP contribution >= 0.6 is 11.6 Å². The summed E-state index contributed by atoms with van der Waals surface area (Å²) in [6.07, 6.45) is 6.80. The number of amidine groups is 1. The maximum Gasteiger partial charge on any atom is 0.124 e. The van der Waals surface area contributed by atoms with Gasteiger partial charge in [-0.2, -0.15) is 0 Å². The fourth-order valence-electron chi connectivity index (χ4n) is 3.82. The summed E-state index contributed by atoms with van der Waals surface area (Å²) >= 11 is 6.04. The Morgan fingerprint density at radius 1 is 1.20 bits per heavy atom. The van der Waals surface area contributed by atoms with Gasteiger partial charge in [-0.25, -0.2) is 0 Å². The summed E-state index contributed by atoms with van der Waals surface area (Å²) in [5, 5.41) is 8.41. The summed E-state index contributed by atoms with van der Waals surface area (Å²) in [6, 6.07) is 5.73. The van der Waals surface area contributed by atoms with Crippen LogP contribution in [0, 0.1) is 17.2 Å². The van der Waals surface area contributed by atoms with E-state index in [0.29, 0.717) is 5.02 Å². The lowest BCUT2D eigenvalue weighted by Crippen LogP contribution is -2.42. The van der Waals surface area contributed by atoms with E-state index in [-0.39, 0.29) is 5.84 Å². The van der Waals surface area contributed by atoms with Gasteiger partial charge >= 0.3 is 0 Å². The van der Waals surface area contributed by atoms with Crippen molar-refractivity contribution in [2.45, 2.75) is 32.1 Å². The van der Waals surface area contributed by atoms with E-state index in [2.05, 4.69) is 4.90 Å². The average molecular weight is 292 g/mol. The number of nitrogens with two attached hydrogens (primary N) is 1. The largest absolute Gasteiger partial charge is 0.384 e. The predicted molar refractivity (Wildman–Crippen MR) is 84.7 cm³/mol. The molecule has 0 aromatic heterocycles. The first-order chi connectivity index (χ1) is 9.65. The predicted octanol–water partition coefficient (Wildman–Crippen LogP) is 3.64. The van der Waals surface area contributed by atoms with Gasteiger partial charge < -0.3 is 10.6 Å². The molecule has 1 aliphatic carbocycles. The van der Waals surface area contributed by atoms with Crippen molar-refractivity contribution < 1.29 is 0 Å². The summed E-state index contributed by atoms with van der Waals surface area (Å²) in [5.41, 5.74) is 7.56. The molecule has 0 spiro atoms. The Kier molecular flexibility index (Phi) is 3.88. The van der Waals surface area contributed by atoms with Crippen molar-refractivity contribution in [3.8, 4) is 0 Å². The lowest BCUT2D eigenvalue weighted by molar-refractivity contribution is 0.202. The molecule has 1 aromatic carbocycles. The maximum atomic E-state index is 7.77. The van der Waals surface area contributed by atoms with Gasteiger partial charge in [0.05, 0.1) is 0 Å². The van der Waals surface area contributed by atoms with Crippen LogP contribution in [0.3, 0.4) is 0 Å². The number of fused-ring (bicyclic) bond motifs is 1. The van der Waals surface area contributed by atoms with E-state index in [0.717, 1.165) is 36.2 Å². The van der Waals surface area contributed by atoms with Crippen LogP contribution in [0.2, 0.25) is 5.02 Å². The smallest absolute Gasteiger partial charge is 0.124 e. The molecule has 108 valence electrons. The minimum atomic E-state index is 0.105. The lowest BCUT2D eigenvalue weighted by Gasteiger charge is -2.42. The van der Waals surface area contributed by atoms with Gasteiger partial charge in [0.1, 0.15) is 5.84 Å². The number of hydrogen-bond acceptors (Lipinski definition) is 2. The number of rotatable bonds is 2. The molecular formula is C16H22ClN3. The number of nitrogens with one attached hydrogen (secondary N) is 1. The van der Waals surface area contributed by atoms with E-state index < -0.39 is 0 Å². The SMILES string of the molecule is N=C(N)c1cc(Cl)ccc1N1CCC2CCCCC2C1. The monoisotopic (exact) mass is 291 g/mol. The third-order valence-electron chi connectivity index (χ3n) is 4.88. The summed E-state index contributed by atoms with van der Waals surface area (Å²) in [4.78, 5) is 2.40. The average Bonchev–Trinajstić information content (AvgIpc) is 2.46. The highest BCUT2D eigenvalue weighted by Crippen LogP contribution is 2.38. The summed E-state index contributed by atoms with van der Waals surface area (Å²) in [5.74, 6) is 1.83. The first-order valence-electron chi connectivity index (χ1n) is 7.54. The second kappa shape index (κ2) is 5.65. The number of hydrogen-bond donors (Lipinski definition) is 2. The van der Waals surface area contributed by atoms with Crippen LogP contribution in [0.15, 0.2) is 18.2 Å². The summed E-state index contributed by atoms with van der Waals surface area (Å²) in [7, 11) is 0. The van der Waals surface area contributed by atoms with E-state index in [9.17, 15) is 0 Å². The topological polar surface area (TPSA) is 53.1 Å². The van der Waals surface area contributed by atoms with Crippen LogP contribution in [0.5, 0.6) is 0 Å². The van der Waals surface area contributed by atoms with Crippen molar-refractivity contribution in [2.24, 2.45) is 17.6 Å². The van der Waals surface area contributed by atoms with Crippen molar-refractivity contribution in [2.75, 3.05) is 18.0 Å². The lowest BCUT2D eigenvalue weighted by atomic mass is 9.75. The van der Waals surface area contributed by atoms with Crippen LogP contribution < -0.4 is 10.6 Å². The fourth-order valence-corrected chi connectivity index (χ4v) is 3.99. The van der Waals surface area contributed by atoms with Crippen LogP contribution in [0.1, 0.15) is 37.7 Å². The zero-order chi connectivity index (χ0) is 14.1. The standard InChI is InChI=1S/C16H22ClN3/c17-13-5-6-15(14(9-13)16(18)19)20-8-7-11-3-1-2-4-12(11)10-20/h5-6,9,11-12H,1-4,7-8,10H2,(H3,18,19). The number of halogens is 1. The fraction of sp³-hybridized carbons (Fsp3) is 0.562. The molecule has 3 N–H and O–H groups in total. The minimum Gasteiger partial charge on any atom is -0.384 e. The highest BCUT2D eigenvalue weighted by molar-refractivity contribution is 6.31. The Hall–Kier alpha value is -1.22. The van der Waals surface area contributed by atoms with Gasteiger partial charge in [0, 0.05) is 29.4 Å². The Morgan fingerprint density at radius 3 is 2.70 bits per heavy atom. The summed E-state index contributed by atoms with van der Waals surface area (Å²) < 4.78 is 0. The second-order valence-corrected chi connectivity index (χ2v) is 6.55. The number of piperidine rings is 1. The van der Waals surface area contributed by atoms with Gasteiger partial charge in [0.25, 0.3) is 0 Å². The molecule has 1 heterocycles. The second-order valence-electron chi connectivity index (χ2n) is 6.11. The molecule has 0 bridgehead atoms. The molecule has 20 heavy (non-hydrogen) atoms. The number of benzene rings is 1. The van der Waals surface area contributed by atoms with Gasteiger partial charge in [-0.05, 0) is 42.9 Å². The molecule has 1 aromatic rings. The molecule has 1 saturated heterocycles. The van der Waals surface area contributed by atoms with Crippen molar-refractivity contribution >= 4 is 23.1 Å². The van der Waals surface area contributed by atoms with Crippen LogP contribution in [0.4, 0.5) is 5.69 Å². The zero-order valence-electron chi connectivity index (χ0n) is 11.7. The molecule has 1 saturated carbocycles. The zero-order valence-corrected chi connectivity index (χ0v) is 12.5. The van der Waals surface area contributed by atoms with Crippen molar-refractivity contribution in [3.63, 3.8) is 0 Å². The van der Waals surface area contributed by atoms with E-state index in [1.165, 1.54) is 32.1 Å². The first kappa shape index (κ1) is 13.7. The Balaban J connectivity index is 1.84. The molecular weight excluding hydrogens is 270 g/mol. The molecule has 2 aliphatic rings. The maximum absolute atomic E-state index is 7.77. The number of nitrogen functional groups attached to an aromatic ring is 1. The Bertz CT molecular complexity index is 514. The number of nitrogens with zero attached hydrogens (tertiary/aromatic N) is 1. The van der Waals surface area contributed by atoms with E-state index in [1.807, 2.05) is 18.2 Å². The van der Waals surface area contributed by atoms with Crippen LogP contribution in [0.25, 0.3) is 0 Å². The van der Waals surface area contributed by atoms with Crippen molar-refractivity contribution in [1.82, 2.24) is 0 Å².